The zero-order chi connectivity index (χ0) is 17.1. The number of hydrogen-bond acceptors (Lipinski definition) is 7. The summed E-state index contributed by atoms with van der Waals surface area (Å²) in [6.45, 7) is 5.24. The molecule has 1 saturated heterocycles. The summed E-state index contributed by atoms with van der Waals surface area (Å²) in [6, 6.07) is 2.73. The first-order valence-electron chi connectivity index (χ1n) is 8.12. The lowest BCUT2D eigenvalue weighted by atomic mass is 9.95. The van der Waals surface area contributed by atoms with Gasteiger partial charge in [-0.2, -0.15) is 0 Å². The Morgan fingerprint density at radius 3 is 2.79 bits per heavy atom. The average molecular weight is 334 g/mol. The molecule has 0 aliphatic carbocycles. The smallest absolute Gasteiger partial charge is 0.321 e. The summed E-state index contributed by atoms with van der Waals surface area (Å²) in [7, 11) is 2.06. The van der Waals surface area contributed by atoms with Crippen LogP contribution in [0, 0.1) is 5.92 Å². The molecule has 0 bridgehead atoms. The molecule has 0 radical (unpaired) electrons. The summed E-state index contributed by atoms with van der Waals surface area (Å²) in [4.78, 5) is 33.6. The largest absolute Gasteiger partial charge is 0.467 e. The van der Waals surface area contributed by atoms with Gasteiger partial charge in [0.2, 0.25) is 11.9 Å². The fourth-order valence-corrected chi connectivity index (χ4v) is 2.90. The van der Waals surface area contributed by atoms with Crippen molar-refractivity contribution in [1.82, 2.24) is 15.1 Å². The van der Waals surface area contributed by atoms with Gasteiger partial charge in [0.25, 0.3) is 0 Å². The van der Waals surface area contributed by atoms with Gasteiger partial charge in [0.1, 0.15) is 11.8 Å². The first kappa shape index (κ1) is 16.5. The minimum atomic E-state index is -1.03. The Morgan fingerprint density at radius 1 is 1.42 bits per heavy atom. The zero-order valence-electron chi connectivity index (χ0n) is 13.9. The van der Waals surface area contributed by atoms with Gasteiger partial charge in [-0.3, -0.25) is 14.9 Å². The van der Waals surface area contributed by atoms with E-state index in [4.69, 9.17) is 9.15 Å². The summed E-state index contributed by atoms with van der Waals surface area (Å²) in [6.07, 6.45) is 1.51. The van der Waals surface area contributed by atoms with E-state index in [-0.39, 0.29) is 6.61 Å². The molecule has 8 nitrogen and oxygen atoms in total. The van der Waals surface area contributed by atoms with Crippen LogP contribution in [-0.4, -0.2) is 67.5 Å². The number of hydrogen-bond donors (Lipinski definition) is 1. The van der Waals surface area contributed by atoms with Crippen molar-refractivity contribution in [2.24, 2.45) is 10.9 Å². The highest BCUT2D eigenvalue weighted by Crippen LogP contribution is 2.31. The maximum atomic E-state index is 12.6. The number of carbonyl (C=O) groups excluding carboxylic acids is 2. The molecule has 0 saturated carbocycles. The van der Waals surface area contributed by atoms with Crippen LogP contribution in [0.5, 0.6) is 0 Å². The minimum Gasteiger partial charge on any atom is -0.467 e. The molecule has 1 fully saturated rings. The van der Waals surface area contributed by atoms with Crippen LogP contribution in [0.4, 0.5) is 0 Å². The first-order chi connectivity index (χ1) is 11.6. The van der Waals surface area contributed by atoms with Crippen LogP contribution in [0.15, 0.2) is 27.8 Å². The molecule has 0 spiro atoms. The maximum absolute atomic E-state index is 12.6. The van der Waals surface area contributed by atoms with Crippen molar-refractivity contribution >= 4 is 17.8 Å². The number of ether oxygens (including phenoxy) is 1. The monoisotopic (exact) mass is 334 g/mol. The molecule has 24 heavy (non-hydrogen) atoms. The van der Waals surface area contributed by atoms with Gasteiger partial charge in [-0.05, 0) is 26.1 Å². The Labute approximate surface area is 140 Å². The Kier molecular flexibility index (Phi) is 4.84. The normalized spacial score (nSPS) is 25.2. The summed E-state index contributed by atoms with van der Waals surface area (Å²) >= 11 is 0. The molecule has 3 heterocycles. The number of aliphatic imine (C=N–C) groups is 1. The number of furan rings is 1. The van der Waals surface area contributed by atoms with Crippen LogP contribution < -0.4 is 5.32 Å². The van der Waals surface area contributed by atoms with Gasteiger partial charge in [0, 0.05) is 26.2 Å². The van der Waals surface area contributed by atoms with Crippen LogP contribution >= 0.6 is 0 Å². The number of nitrogens with zero attached hydrogens (tertiary/aromatic N) is 3. The van der Waals surface area contributed by atoms with Gasteiger partial charge in [-0.1, -0.05) is 0 Å². The van der Waals surface area contributed by atoms with E-state index < -0.39 is 23.8 Å². The third-order valence-electron chi connectivity index (χ3n) is 4.27. The van der Waals surface area contributed by atoms with E-state index >= 15 is 0 Å². The van der Waals surface area contributed by atoms with Crippen molar-refractivity contribution in [2.45, 2.75) is 13.0 Å². The summed E-state index contributed by atoms with van der Waals surface area (Å²) < 4.78 is 10.5. The van der Waals surface area contributed by atoms with Gasteiger partial charge >= 0.3 is 5.97 Å². The highest BCUT2D eigenvalue weighted by Gasteiger charge is 2.43. The molecule has 1 amide bonds. The lowest BCUT2D eigenvalue weighted by molar-refractivity contribution is -0.153. The molecule has 1 aromatic rings. The lowest BCUT2D eigenvalue weighted by Gasteiger charge is -2.37. The van der Waals surface area contributed by atoms with Crippen molar-refractivity contribution in [3.8, 4) is 0 Å². The standard InChI is InChI=1S/C16H22N4O4/c1-3-23-15(22)12-13(11-5-4-10-24-11)17-16(18-14(12)21)20-8-6-19(2)7-9-20/h4-5,10,12-13H,3,6-9H2,1-2H3,(H,17,18,21)/t12-,13-/m1/s1. The number of amides is 1. The van der Waals surface area contributed by atoms with Gasteiger partial charge < -0.3 is 19.0 Å². The number of piperazine rings is 1. The molecule has 2 aliphatic rings. The predicted molar refractivity (Wildman–Crippen MR) is 86.2 cm³/mol. The van der Waals surface area contributed by atoms with Gasteiger partial charge in [0.15, 0.2) is 5.92 Å². The van der Waals surface area contributed by atoms with Crippen LogP contribution in [0.1, 0.15) is 18.7 Å². The summed E-state index contributed by atoms with van der Waals surface area (Å²) in [5, 5.41) is 2.76. The van der Waals surface area contributed by atoms with E-state index in [1.165, 1.54) is 6.26 Å². The molecule has 1 aromatic heterocycles. The van der Waals surface area contributed by atoms with E-state index in [2.05, 4.69) is 22.3 Å². The van der Waals surface area contributed by atoms with E-state index in [1.807, 2.05) is 4.90 Å². The van der Waals surface area contributed by atoms with Crippen molar-refractivity contribution in [3.63, 3.8) is 0 Å². The number of nitrogens with one attached hydrogen (secondary N) is 1. The quantitative estimate of drug-likeness (QED) is 0.629. The summed E-state index contributed by atoms with van der Waals surface area (Å²) in [5.41, 5.74) is 0. The molecular formula is C16H22N4O4. The third-order valence-corrected chi connectivity index (χ3v) is 4.27. The van der Waals surface area contributed by atoms with E-state index in [0.29, 0.717) is 11.7 Å². The number of likely N-dealkylation sites (N-methyl/N-ethyl adjacent to an activating group) is 1. The average Bonchev–Trinajstić information content (AvgIpc) is 3.09. The molecule has 130 valence electrons. The van der Waals surface area contributed by atoms with Crippen LogP contribution in [0.25, 0.3) is 0 Å². The topological polar surface area (TPSA) is 87.4 Å². The lowest BCUT2D eigenvalue weighted by Crippen LogP contribution is -2.56. The fraction of sp³-hybridized carbons (Fsp3) is 0.562. The van der Waals surface area contributed by atoms with Crippen molar-refractivity contribution in [1.29, 1.82) is 0 Å². The van der Waals surface area contributed by atoms with Crippen molar-refractivity contribution < 1.29 is 18.7 Å². The molecule has 2 aliphatic heterocycles. The van der Waals surface area contributed by atoms with E-state index in [1.54, 1.807) is 19.1 Å². The van der Waals surface area contributed by atoms with Crippen LogP contribution in [-0.2, 0) is 14.3 Å². The van der Waals surface area contributed by atoms with Crippen molar-refractivity contribution in [2.75, 3.05) is 39.8 Å². The fourth-order valence-electron chi connectivity index (χ4n) is 2.90. The molecule has 8 heteroatoms. The van der Waals surface area contributed by atoms with Crippen molar-refractivity contribution in [3.05, 3.63) is 24.2 Å². The number of rotatable bonds is 3. The molecular weight excluding hydrogens is 312 g/mol. The molecule has 1 N–H and O–H groups in total. The van der Waals surface area contributed by atoms with E-state index in [9.17, 15) is 9.59 Å². The second kappa shape index (κ2) is 7.04. The molecule has 2 atom stereocenters. The minimum absolute atomic E-state index is 0.211. The molecule has 0 unspecified atom stereocenters. The zero-order valence-corrected chi connectivity index (χ0v) is 13.9. The predicted octanol–water partition coefficient (Wildman–Crippen LogP) is 0.233. The van der Waals surface area contributed by atoms with Crippen LogP contribution in [0.3, 0.4) is 0 Å². The highest BCUT2D eigenvalue weighted by atomic mass is 16.5. The SMILES string of the molecule is CCOC(=O)[C@H]1C(=O)NC(N2CCN(C)CC2)=N[C@@H]1c1ccco1. The molecule has 0 aromatic carbocycles. The second-order valence-electron chi connectivity index (χ2n) is 5.92. The molecule has 3 rings (SSSR count). The Hall–Kier alpha value is -2.35. The first-order valence-corrected chi connectivity index (χ1v) is 8.12. The second-order valence-corrected chi connectivity index (χ2v) is 5.92. The number of esters is 1. The van der Waals surface area contributed by atoms with Gasteiger partial charge in [0.05, 0.1) is 12.9 Å². The van der Waals surface area contributed by atoms with Crippen LogP contribution in [0.2, 0.25) is 0 Å². The Bertz CT molecular complexity index is 620. The maximum Gasteiger partial charge on any atom is 0.321 e. The highest BCUT2D eigenvalue weighted by molar-refractivity contribution is 6.08. The van der Waals surface area contributed by atoms with Gasteiger partial charge in [-0.25, -0.2) is 4.99 Å². The number of carbonyl (C=O) groups is 2. The summed E-state index contributed by atoms with van der Waals surface area (Å²) in [5.74, 6) is -1.05. The Balaban J connectivity index is 1.88. The Morgan fingerprint density at radius 2 is 2.17 bits per heavy atom. The van der Waals surface area contributed by atoms with E-state index in [0.717, 1.165) is 26.2 Å². The third kappa shape index (κ3) is 3.28. The number of guanidine groups is 1. The van der Waals surface area contributed by atoms with Gasteiger partial charge in [-0.15, -0.1) is 0 Å².